The number of benzene rings is 1. The van der Waals surface area contributed by atoms with Crippen LogP contribution in [0.15, 0.2) is 54.6 Å². The molecule has 0 fully saturated rings. The number of pyridine rings is 2. The van der Waals surface area contributed by atoms with Crippen LogP contribution in [0.3, 0.4) is 0 Å². The highest BCUT2D eigenvalue weighted by atomic mass is 19.1. The molecule has 32 heavy (non-hydrogen) atoms. The molecular weight excluding hydrogens is 415 g/mol. The van der Waals surface area contributed by atoms with Gasteiger partial charge in [-0.2, -0.15) is 4.98 Å². The number of aliphatic hydroxyl groups excluding tert-OH is 2. The van der Waals surface area contributed by atoms with Gasteiger partial charge in [0, 0.05) is 18.2 Å². The third kappa shape index (κ3) is 5.01. The fourth-order valence-electron chi connectivity index (χ4n) is 3.42. The number of amides is 2. The van der Waals surface area contributed by atoms with Gasteiger partial charge in [0.1, 0.15) is 30.2 Å². The van der Waals surface area contributed by atoms with E-state index in [-0.39, 0.29) is 24.1 Å². The van der Waals surface area contributed by atoms with E-state index in [1.807, 2.05) is 12.1 Å². The number of nitrogens with one attached hydrogen (secondary N) is 1. The van der Waals surface area contributed by atoms with Crippen LogP contribution >= 0.6 is 0 Å². The smallest absolute Gasteiger partial charge is 0.328 e. The number of aliphatic hydroxyl groups is 2. The number of fused-ring (bicyclic) bond motifs is 1. The monoisotopic (exact) mass is 438 g/mol. The molecular formula is C23H23FN4O4. The van der Waals surface area contributed by atoms with Crippen LogP contribution in [0.2, 0.25) is 0 Å². The van der Waals surface area contributed by atoms with Crippen molar-refractivity contribution in [1.29, 1.82) is 0 Å². The predicted octanol–water partition coefficient (Wildman–Crippen LogP) is 3.00. The molecule has 1 atom stereocenters. The van der Waals surface area contributed by atoms with Crippen LogP contribution in [0.5, 0.6) is 5.88 Å². The molecule has 0 bridgehead atoms. The van der Waals surface area contributed by atoms with E-state index in [1.165, 1.54) is 12.1 Å². The number of carbonyl (C=O) groups excluding carboxylic acids is 1. The lowest BCUT2D eigenvalue weighted by molar-refractivity contribution is 0.0521. The van der Waals surface area contributed by atoms with Gasteiger partial charge in [-0.05, 0) is 42.7 Å². The van der Waals surface area contributed by atoms with Crippen molar-refractivity contribution < 1.29 is 24.1 Å². The third-order valence-electron chi connectivity index (χ3n) is 5.00. The Balaban J connectivity index is 1.53. The molecule has 0 saturated carbocycles. The number of halogens is 1. The fourth-order valence-corrected chi connectivity index (χ4v) is 3.42. The van der Waals surface area contributed by atoms with Gasteiger partial charge in [0.15, 0.2) is 0 Å². The highest BCUT2D eigenvalue weighted by Crippen LogP contribution is 2.29. The molecule has 1 aliphatic rings. The second-order valence-corrected chi connectivity index (χ2v) is 7.38. The minimum absolute atomic E-state index is 0.118. The number of nitrogens with zero attached hydrogens (tertiary/aromatic N) is 3. The van der Waals surface area contributed by atoms with E-state index >= 15 is 0 Å². The molecule has 166 valence electrons. The van der Waals surface area contributed by atoms with E-state index in [9.17, 15) is 14.3 Å². The average molecular weight is 438 g/mol. The summed E-state index contributed by atoms with van der Waals surface area (Å²) >= 11 is 0. The first-order valence-electron chi connectivity index (χ1n) is 10.3. The zero-order chi connectivity index (χ0) is 22.5. The fraction of sp³-hybridized carbons (Fsp3) is 0.261. The highest BCUT2D eigenvalue weighted by molar-refractivity contribution is 6.01. The lowest BCUT2D eigenvalue weighted by Gasteiger charge is -2.28. The number of anilines is 2. The van der Waals surface area contributed by atoms with Gasteiger partial charge in [-0.3, -0.25) is 10.2 Å². The van der Waals surface area contributed by atoms with Gasteiger partial charge >= 0.3 is 6.03 Å². The van der Waals surface area contributed by atoms with Crippen LogP contribution < -0.4 is 15.0 Å². The van der Waals surface area contributed by atoms with Crippen molar-refractivity contribution in [3.8, 4) is 17.1 Å². The molecule has 2 aromatic heterocycles. The summed E-state index contributed by atoms with van der Waals surface area (Å²) in [6, 6.07) is 14.4. The van der Waals surface area contributed by atoms with Gasteiger partial charge in [0.05, 0.1) is 12.3 Å². The Hall–Kier alpha value is -3.56. The van der Waals surface area contributed by atoms with E-state index in [2.05, 4.69) is 15.3 Å². The van der Waals surface area contributed by atoms with Gasteiger partial charge in [-0.1, -0.05) is 24.3 Å². The Bertz CT molecular complexity index is 1110. The predicted molar refractivity (Wildman–Crippen MR) is 117 cm³/mol. The van der Waals surface area contributed by atoms with Crippen LogP contribution in [-0.2, 0) is 6.42 Å². The van der Waals surface area contributed by atoms with Crippen LogP contribution in [0, 0.1) is 5.82 Å². The maximum absolute atomic E-state index is 13.6. The summed E-state index contributed by atoms with van der Waals surface area (Å²) in [5.41, 5.74) is 2.16. The lowest BCUT2D eigenvalue weighted by Crippen LogP contribution is -2.39. The molecule has 0 radical (unpaired) electrons. The zero-order valence-electron chi connectivity index (χ0n) is 17.2. The number of aromatic nitrogens is 2. The second-order valence-electron chi connectivity index (χ2n) is 7.38. The van der Waals surface area contributed by atoms with Crippen molar-refractivity contribution in [2.24, 2.45) is 0 Å². The molecule has 0 aliphatic carbocycles. The van der Waals surface area contributed by atoms with Gasteiger partial charge in [-0.25, -0.2) is 14.2 Å². The van der Waals surface area contributed by atoms with Crippen molar-refractivity contribution in [2.75, 3.05) is 30.0 Å². The molecule has 0 saturated heterocycles. The molecule has 8 nitrogen and oxygen atoms in total. The van der Waals surface area contributed by atoms with Crippen LogP contribution in [0.1, 0.15) is 12.0 Å². The van der Waals surface area contributed by atoms with E-state index in [0.29, 0.717) is 23.6 Å². The summed E-state index contributed by atoms with van der Waals surface area (Å²) in [6.45, 7) is -0.0557. The first-order valence-corrected chi connectivity index (χ1v) is 10.3. The Morgan fingerprint density at radius 2 is 2.03 bits per heavy atom. The molecule has 3 heterocycles. The van der Waals surface area contributed by atoms with Crippen LogP contribution in [0.25, 0.3) is 11.3 Å². The van der Waals surface area contributed by atoms with E-state index in [0.717, 1.165) is 18.4 Å². The van der Waals surface area contributed by atoms with Gasteiger partial charge in [0.25, 0.3) is 0 Å². The van der Waals surface area contributed by atoms with Gasteiger partial charge in [0.2, 0.25) is 5.88 Å². The minimum Gasteiger partial charge on any atom is -0.475 e. The molecule has 9 heteroatoms. The largest absolute Gasteiger partial charge is 0.475 e. The summed E-state index contributed by atoms with van der Waals surface area (Å²) in [6.07, 6.45) is 0.569. The summed E-state index contributed by atoms with van der Waals surface area (Å²) < 4.78 is 19.0. The summed E-state index contributed by atoms with van der Waals surface area (Å²) in [5, 5.41) is 21.0. The average Bonchev–Trinajstić information content (AvgIpc) is 2.82. The molecule has 2 amide bonds. The van der Waals surface area contributed by atoms with Crippen LogP contribution in [0.4, 0.5) is 20.8 Å². The second kappa shape index (κ2) is 9.71. The maximum atomic E-state index is 13.6. The number of hydrogen-bond acceptors (Lipinski definition) is 6. The standard InChI is InChI=1S/C23H23FN4O4/c24-17-6-1-4-16(12-17)19-10-9-15-5-3-11-28(22(15)25-19)23(31)27-20-7-2-8-21(26-20)32-14-18(30)13-29/h1-2,4,6-10,12,18,29-30H,3,5,11,13-14H2,(H,26,27,31)/t18-/m1/s1. The quantitative estimate of drug-likeness (QED) is 0.546. The Kier molecular flexibility index (Phi) is 6.58. The highest BCUT2D eigenvalue weighted by Gasteiger charge is 2.25. The molecule has 4 rings (SSSR count). The van der Waals surface area contributed by atoms with Crippen molar-refractivity contribution in [1.82, 2.24) is 9.97 Å². The van der Waals surface area contributed by atoms with Crippen LogP contribution in [-0.4, -0.2) is 52.1 Å². The molecule has 1 aromatic carbocycles. The molecule has 3 aromatic rings. The van der Waals surface area contributed by atoms with E-state index in [1.54, 1.807) is 35.2 Å². The Morgan fingerprint density at radius 3 is 2.84 bits per heavy atom. The number of aryl methyl sites for hydroxylation is 1. The lowest BCUT2D eigenvalue weighted by atomic mass is 10.0. The number of hydrogen-bond donors (Lipinski definition) is 3. The molecule has 0 unspecified atom stereocenters. The minimum atomic E-state index is -1.02. The number of carbonyl (C=O) groups is 1. The first kappa shape index (κ1) is 21.7. The summed E-state index contributed by atoms with van der Waals surface area (Å²) in [5.74, 6) is 0.672. The van der Waals surface area contributed by atoms with Gasteiger partial charge in [-0.15, -0.1) is 0 Å². The van der Waals surface area contributed by atoms with Crippen molar-refractivity contribution in [3.63, 3.8) is 0 Å². The summed E-state index contributed by atoms with van der Waals surface area (Å²) in [4.78, 5) is 23.4. The number of urea groups is 1. The molecule has 3 N–H and O–H groups in total. The third-order valence-corrected chi connectivity index (χ3v) is 5.00. The van der Waals surface area contributed by atoms with Gasteiger partial charge < -0.3 is 14.9 Å². The Labute approximate surface area is 184 Å². The van der Waals surface area contributed by atoms with Crippen molar-refractivity contribution >= 4 is 17.7 Å². The SMILES string of the molecule is O=C(Nc1cccc(OC[C@H](O)CO)n1)N1CCCc2ccc(-c3cccc(F)c3)nc21. The number of ether oxygens (including phenoxy) is 1. The first-order chi connectivity index (χ1) is 15.5. The van der Waals surface area contributed by atoms with E-state index in [4.69, 9.17) is 9.84 Å². The maximum Gasteiger partial charge on any atom is 0.328 e. The van der Waals surface area contributed by atoms with Crippen molar-refractivity contribution in [3.05, 3.63) is 66.0 Å². The summed E-state index contributed by atoms with van der Waals surface area (Å²) in [7, 11) is 0. The number of rotatable bonds is 6. The normalized spacial score (nSPS) is 13.9. The van der Waals surface area contributed by atoms with Crippen molar-refractivity contribution in [2.45, 2.75) is 18.9 Å². The topological polar surface area (TPSA) is 108 Å². The Morgan fingerprint density at radius 1 is 1.19 bits per heavy atom. The van der Waals surface area contributed by atoms with E-state index < -0.39 is 18.7 Å². The zero-order valence-corrected chi connectivity index (χ0v) is 17.2. The molecule has 1 aliphatic heterocycles. The molecule has 0 spiro atoms.